The summed E-state index contributed by atoms with van der Waals surface area (Å²) in [5, 5.41) is 11.4. The average Bonchev–Trinajstić information content (AvgIpc) is 3.45. The number of nitrogens with one attached hydrogen (secondary N) is 1. The first-order valence-electron chi connectivity index (χ1n) is 10.1. The van der Waals surface area contributed by atoms with Crippen molar-refractivity contribution in [2.45, 2.75) is 32.1 Å². The molecule has 6 nitrogen and oxygen atoms in total. The molecule has 4 heterocycles. The van der Waals surface area contributed by atoms with E-state index in [1.165, 1.54) is 50.3 Å². The normalized spacial score (nSPS) is 25.8. The molecule has 4 fully saturated rings. The van der Waals surface area contributed by atoms with Gasteiger partial charge in [-0.25, -0.2) is 0 Å². The zero-order valence-electron chi connectivity index (χ0n) is 16.0. The Morgan fingerprint density at radius 2 is 2.04 bits per heavy atom. The van der Waals surface area contributed by atoms with Crippen LogP contribution in [0.3, 0.4) is 0 Å². The number of hydrogen-bond donors (Lipinski definition) is 2. The van der Waals surface area contributed by atoms with Gasteiger partial charge in [0.05, 0.1) is 4.70 Å². The van der Waals surface area contributed by atoms with Crippen molar-refractivity contribution in [3.05, 3.63) is 23.9 Å². The Bertz CT molecular complexity index is 841. The molecule has 4 aliphatic rings. The lowest BCUT2D eigenvalue weighted by atomic mass is 9.76. The van der Waals surface area contributed by atoms with Crippen molar-refractivity contribution >= 4 is 39.6 Å². The van der Waals surface area contributed by atoms with Gasteiger partial charge in [-0.1, -0.05) is 0 Å². The minimum atomic E-state index is -0.250. The summed E-state index contributed by atoms with van der Waals surface area (Å²) in [5.74, 6) is 2.38. The molecule has 3 saturated heterocycles. The smallest absolute Gasteiger partial charge is 0.290 e. The Morgan fingerprint density at radius 1 is 1.29 bits per heavy atom. The van der Waals surface area contributed by atoms with Crippen LogP contribution in [-0.4, -0.2) is 52.8 Å². The van der Waals surface area contributed by atoms with Crippen LogP contribution in [0.1, 0.15) is 42.6 Å². The molecule has 2 bridgehead atoms. The fourth-order valence-electron chi connectivity index (χ4n) is 4.49. The molecule has 1 atom stereocenters. The van der Waals surface area contributed by atoms with E-state index in [2.05, 4.69) is 32.8 Å². The van der Waals surface area contributed by atoms with Crippen molar-refractivity contribution in [3.63, 3.8) is 0 Å². The number of hydrogen-bond acceptors (Lipinski definition) is 6. The summed E-state index contributed by atoms with van der Waals surface area (Å²) >= 11 is 1.46. The van der Waals surface area contributed by atoms with Gasteiger partial charge in [-0.2, -0.15) is 4.37 Å². The van der Waals surface area contributed by atoms with E-state index in [1.807, 2.05) is 0 Å². The Kier molecular flexibility index (Phi) is 5.92. The largest absolute Gasteiger partial charge is 0.483 e. The third-order valence-electron chi connectivity index (χ3n) is 6.27. The van der Waals surface area contributed by atoms with E-state index < -0.39 is 0 Å². The van der Waals surface area contributed by atoms with Crippen molar-refractivity contribution < 1.29 is 14.7 Å². The third kappa shape index (κ3) is 4.36. The van der Waals surface area contributed by atoms with Gasteiger partial charge >= 0.3 is 0 Å². The maximum absolute atomic E-state index is 12.9. The van der Waals surface area contributed by atoms with Crippen LogP contribution in [0.5, 0.6) is 0 Å². The quantitative estimate of drug-likeness (QED) is 0.567. The van der Waals surface area contributed by atoms with Crippen LogP contribution in [-0.2, 0) is 4.79 Å². The van der Waals surface area contributed by atoms with Crippen molar-refractivity contribution in [2.75, 3.05) is 31.5 Å². The van der Waals surface area contributed by atoms with E-state index in [0.29, 0.717) is 18.0 Å². The standard InChI is InChI=1S/C20H25N3OS.CH2O2/c24-18(9-15-12-23-7-5-14(15)6-8-23)20-17-4-3-16(10-19(17)25-22-20)21-11-13-1-2-13;2-1-3/h3-4,10,13-15,21H,1-2,5-9,11-12H2;1H,(H,2,3)/t15-;/m1./s1. The van der Waals surface area contributed by atoms with Crippen molar-refractivity contribution in [2.24, 2.45) is 17.8 Å². The second kappa shape index (κ2) is 8.57. The molecule has 2 N–H and O–H groups in total. The number of aromatic nitrogens is 1. The highest BCUT2D eigenvalue weighted by Gasteiger charge is 2.35. The van der Waals surface area contributed by atoms with Crippen molar-refractivity contribution in [3.8, 4) is 0 Å². The van der Waals surface area contributed by atoms with Gasteiger partial charge in [0.15, 0.2) is 5.78 Å². The molecule has 0 radical (unpaired) electrons. The van der Waals surface area contributed by atoms with Crippen LogP contribution >= 0.6 is 11.5 Å². The lowest BCUT2D eigenvalue weighted by Gasteiger charge is -2.44. The fourth-order valence-corrected chi connectivity index (χ4v) is 5.32. The van der Waals surface area contributed by atoms with Gasteiger partial charge in [-0.3, -0.25) is 9.59 Å². The number of piperidine rings is 3. The summed E-state index contributed by atoms with van der Waals surface area (Å²) in [6, 6.07) is 6.34. The number of nitrogens with zero attached hydrogens (tertiary/aromatic N) is 2. The highest BCUT2D eigenvalue weighted by molar-refractivity contribution is 7.13. The fraction of sp³-hybridized carbons (Fsp3) is 0.571. The number of Topliss-reactive ketones (excluding diaryl/α,β-unsaturated/α-hetero) is 1. The zero-order chi connectivity index (χ0) is 19.5. The molecular formula is C21H27N3O3S. The molecule has 1 saturated carbocycles. The highest BCUT2D eigenvalue weighted by Crippen LogP contribution is 2.36. The first kappa shape index (κ1) is 19.3. The van der Waals surface area contributed by atoms with E-state index >= 15 is 0 Å². The molecule has 6 rings (SSSR count). The predicted molar refractivity (Wildman–Crippen MR) is 111 cm³/mol. The Hall–Kier alpha value is -1.99. The Morgan fingerprint density at radius 3 is 2.68 bits per heavy atom. The van der Waals surface area contributed by atoms with Crippen molar-refractivity contribution in [1.82, 2.24) is 9.27 Å². The van der Waals surface area contributed by atoms with E-state index in [9.17, 15) is 4.79 Å². The van der Waals surface area contributed by atoms with Gasteiger partial charge < -0.3 is 15.3 Å². The number of carbonyl (C=O) groups is 2. The molecule has 1 aromatic carbocycles. The highest BCUT2D eigenvalue weighted by atomic mass is 32.1. The molecule has 0 unspecified atom stereocenters. The molecule has 7 heteroatoms. The lowest BCUT2D eigenvalue weighted by Crippen LogP contribution is -2.47. The summed E-state index contributed by atoms with van der Waals surface area (Å²) < 4.78 is 5.65. The average molecular weight is 402 g/mol. The van der Waals surface area contributed by atoms with Crippen LogP contribution < -0.4 is 5.32 Å². The topological polar surface area (TPSA) is 82.5 Å². The first-order chi connectivity index (χ1) is 13.7. The summed E-state index contributed by atoms with van der Waals surface area (Å²) in [6.07, 6.45) is 5.92. The summed E-state index contributed by atoms with van der Waals surface area (Å²) in [7, 11) is 0. The molecule has 28 heavy (non-hydrogen) atoms. The van der Waals surface area contributed by atoms with E-state index in [0.717, 1.165) is 40.7 Å². The molecule has 150 valence electrons. The second-order valence-corrected chi connectivity index (χ2v) is 9.00. The SMILES string of the molecule is O=C(C[C@@H]1CN2CCC1CC2)c1nsc2cc(NCC3CC3)ccc12.O=CO. The minimum absolute atomic E-state index is 0.240. The van der Waals surface area contributed by atoms with Crippen LogP contribution in [0.25, 0.3) is 10.1 Å². The van der Waals surface area contributed by atoms with Gasteiger partial charge in [0.2, 0.25) is 0 Å². The van der Waals surface area contributed by atoms with Gasteiger partial charge in [0, 0.05) is 30.6 Å². The maximum atomic E-state index is 12.9. The summed E-state index contributed by atoms with van der Waals surface area (Å²) in [5.41, 5.74) is 1.85. The number of carboxylic acid groups (broad SMARTS) is 1. The maximum Gasteiger partial charge on any atom is 0.290 e. The van der Waals surface area contributed by atoms with Gasteiger partial charge in [-0.15, -0.1) is 0 Å². The zero-order valence-corrected chi connectivity index (χ0v) is 16.8. The monoisotopic (exact) mass is 401 g/mol. The van der Waals surface area contributed by atoms with E-state index in [1.54, 1.807) is 0 Å². The molecule has 0 amide bonds. The minimum Gasteiger partial charge on any atom is -0.483 e. The number of ketones is 1. The van der Waals surface area contributed by atoms with Crippen LogP contribution in [0.4, 0.5) is 5.69 Å². The Balaban J connectivity index is 0.000000604. The first-order valence-corrected chi connectivity index (χ1v) is 10.9. The van der Waals surface area contributed by atoms with E-state index in [4.69, 9.17) is 9.90 Å². The molecule has 1 aromatic heterocycles. The van der Waals surface area contributed by atoms with Crippen molar-refractivity contribution in [1.29, 1.82) is 0 Å². The molecule has 0 spiro atoms. The number of carbonyl (C=O) groups excluding carboxylic acids is 1. The summed E-state index contributed by atoms with van der Waals surface area (Å²) in [4.78, 5) is 23.8. The summed E-state index contributed by atoms with van der Waals surface area (Å²) in [6.45, 7) is 4.38. The van der Waals surface area contributed by atoms with Crippen LogP contribution in [0.15, 0.2) is 18.2 Å². The lowest BCUT2D eigenvalue weighted by molar-refractivity contribution is -0.122. The Labute approximate surface area is 169 Å². The van der Waals surface area contributed by atoms with Crippen LogP contribution in [0, 0.1) is 17.8 Å². The number of fused-ring (bicyclic) bond motifs is 4. The van der Waals surface area contributed by atoms with Gasteiger partial charge in [-0.05, 0) is 86.3 Å². The second-order valence-electron chi connectivity index (χ2n) is 8.20. The van der Waals surface area contributed by atoms with Gasteiger partial charge in [0.1, 0.15) is 5.69 Å². The number of anilines is 1. The predicted octanol–water partition coefficient (Wildman–Crippen LogP) is 3.73. The molecule has 2 aromatic rings. The molecular weight excluding hydrogens is 374 g/mol. The molecule has 3 aliphatic heterocycles. The number of rotatable bonds is 6. The molecule has 1 aliphatic carbocycles. The number of benzene rings is 1. The van der Waals surface area contributed by atoms with Gasteiger partial charge in [0.25, 0.3) is 6.47 Å². The van der Waals surface area contributed by atoms with E-state index in [-0.39, 0.29) is 12.3 Å². The third-order valence-corrected chi connectivity index (χ3v) is 7.08. The van der Waals surface area contributed by atoms with Crippen LogP contribution in [0.2, 0.25) is 0 Å².